The third-order valence-corrected chi connectivity index (χ3v) is 1.62. The molecule has 0 amide bonds. The average molecular weight is 197 g/mol. The number of alkyl halides is 1. The molecule has 0 aromatic carbocycles. The van der Waals surface area contributed by atoms with Crippen LogP contribution in [0.4, 0.5) is 0 Å². The molecule has 0 spiro atoms. The maximum absolute atomic E-state index is 5.44. The van der Waals surface area contributed by atoms with Gasteiger partial charge in [-0.25, -0.2) is 0 Å². The fourth-order valence-electron chi connectivity index (χ4n) is 1.04. The predicted octanol–water partition coefficient (Wildman–Crippen LogP) is 2.13. The first-order valence-electron chi connectivity index (χ1n) is 4.29. The molecule has 0 atom stereocenters. The summed E-state index contributed by atoms with van der Waals surface area (Å²) in [5, 5.41) is 4.18. The number of nitrogens with zero attached hydrogens (tertiary/aromatic N) is 2. The van der Waals surface area contributed by atoms with E-state index in [1.54, 1.807) is 6.20 Å². The number of hydrogen-bond acceptors (Lipinski definition) is 1. The van der Waals surface area contributed by atoms with Crippen molar-refractivity contribution in [2.24, 2.45) is 5.92 Å². The maximum Gasteiger partial charge on any atom is 0.0839 e. The van der Waals surface area contributed by atoms with Gasteiger partial charge in [-0.2, -0.15) is 5.10 Å². The quantitative estimate of drug-likeness (QED) is 0.524. The first kappa shape index (κ1) is 10.1. The Labute approximate surface area is 83.9 Å². The van der Waals surface area contributed by atoms with Crippen LogP contribution in [0.2, 0.25) is 0 Å². The Morgan fingerprint density at radius 2 is 2.38 bits per heavy atom. The smallest absolute Gasteiger partial charge is 0.0839 e. The Balaban J connectivity index is 2.63. The van der Waals surface area contributed by atoms with Gasteiger partial charge in [0.2, 0.25) is 0 Å². The van der Waals surface area contributed by atoms with Gasteiger partial charge >= 0.3 is 0 Å². The average Bonchev–Trinajstić information content (AvgIpc) is 2.48. The van der Waals surface area contributed by atoms with Crippen LogP contribution >= 0.6 is 11.6 Å². The normalized spacial score (nSPS) is 9.85. The second-order valence-corrected chi connectivity index (χ2v) is 3.55. The van der Waals surface area contributed by atoms with Gasteiger partial charge in [0.1, 0.15) is 0 Å². The van der Waals surface area contributed by atoms with E-state index in [1.165, 1.54) is 0 Å². The van der Waals surface area contributed by atoms with Crippen molar-refractivity contribution >= 4 is 11.6 Å². The second-order valence-electron chi connectivity index (χ2n) is 3.28. The van der Waals surface area contributed by atoms with Crippen molar-refractivity contribution < 1.29 is 0 Å². The minimum atomic E-state index is 0.370. The highest BCUT2D eigenvalue weighted by molar-refractivity contribution is 6.19. The van der Waals surface area contributed by atoms with Gasteiger partial charge in [-0.15, -0.1) is 11.6 Å². The van der Waals surface area contributed by atoms with Crippen molar-refractivity contribution in [1.82, 2.24) is 9.78 Å². The molecule has 0 N–H and O–H groups in total. The lowest BCUT2D eigenvalue weighted by Crippen LogP contribution is -2.03. The second kappa shape index (κ2) is 4.94. The van der Waals surface area contributed by atoms with E-state index in [1.807, 2.05) is 10.9 Å². The zero-order valence-electron chi connectivity index (χ0n) is 7.92. The topological polar surface area (TPSA) is 17.8 Å². The first-order chi connectivity index (χ1) is 6.22. The Bertz CT molecular complexity index is 317. The molecule has 0 saturated heterocycles. The molecule has 0 aliphatic heterocycles. The minimum absolute atomic E-state index is 0.370. The zero-order valence-corrected chi connectivity index (χ0v) is 8.67. The fraction of sp³-hybridized carbons (Fsp3) is 0.500. The van der Waals surface area contributed by atoms with Gasteiger partial charge in [-0.1, -0.05) is 25.7 Å². The van der Waals surface area contributed by atoms with Crippen LogP contribution < -0.4 is 0 Å². The van der Waals surface area contributed by atoms with Crippen LogP contribution in [0.5, 0.6) is 0 Å². The molecule has 0 aliphatic rings. The van der Waals surface area contributed by atoms with E-state index in [0.29, 0.717) is 11.8 Å². The minimum Gasteiger partial charge on any atom is -0.271 e. The largest absolute Gasteiger partial charge is 0.271 e. The molecule has 0 saturated carbocycles. The molecule has 1 rings (SSSR count). The van der Waals surface area contributed by atoms with E-state index in [9.17, 15) is 0 Å². The zero-order chi connectivity index (χ0) is 9.68. The van der Waals surface area contributed by atoms with Gasteiger partial charge in [0.25, 0.3) is 0 Å². The molecule has 0 fully saturated rings. The van der Waals surface area contributed by atoms with Crippen molar-refractivity contribution in [2.45, 2.75) is 20.4 Å². The van der Waals surface area contributed by atoms with Crippen LogP contribution in [0.1, 0.15) is 19.4 Å². The van der Waals surface area contributed by atoms with Gasteiger partial charge in [-0.3, -0.25) is 4.68 Å². The highest BCUT2D eigenvalue weighted by Crippen LogP contribution is 2.00. The van der Waals surface area contributed by atoms with Crippen LogP contribution in [0, 0.1) is 17.8 Å². The van der Waals surface area contributed by atoms with E-state index < -0.39 is 0 Å². The molecule has 0 radical (unpaired) electrons. The Morgan fingerprint density at radius 3 is 3.00 bits per heavy atom. The molecule has 0 unspecified atom stereocenters. The number of aromatic nitrogens is 2. The lowest BCUT2D eigenvalue weighted by atomic mass is 10.2. The van der Waals surface area contributed by atoms with Crippen LogP contribution in [0.25, 0.3) is 0 Å². The summed E-state index contributed by atoms with van der Waals surface area (Å²) in [4.78, 5) is 0. The van der Waals surface area contributed by atoms with Gasteiger partial charge in [0, 0.05) is 12.7 Å². The number of halogens is 1. The lowest BCUT2D eigenvalue weighted by Gasteiger charge is -2.02. The van der Waals surface area contributed by atoms with E-state index in [-0.39, 0.29) is 0 Å². The van der Waals surface area contributed by atoms with E-state index in [0.717, 1.165) is 12.1 Å². The van der Waals surface area contributed by atoms with Gasteiger partial charge < -0.3 is 0 Å². The van der Waals surface area contributed by atoms with Crippen molar-refractivity contribution in [3.8, 4) is 11.8 Å². The molecule has 2 nitrogen and oxygen atoms in total. The third kappa shape index (κ3) is 3.52. The van der Waals surface area contributed by atoms with E-state index in [2.05, 4.69) is 30.8 Å². The molecule has 1 heterocycles. The lowest BCUT2D eigenvalue weighted by molar-refractivity contribution is 0.483. The van der Waals surface area contributed by atoms with Crippen molar-refractivity contribution in [1.29, 1.82) is 0 Å². The molecule has 13 heavy (non-hydrogen) atoms. The highest BCUT2D eigenvalue weighted by Gasteiger charge is 1.97. The van der Waals surface area contributed by atoms with Crippen LogP contribution in [-0.4, -0.2) is 15.7 Å². The number of rotatable bonds is 2. The summed E-state index contributed by atoms with van der Waals surface area (Å²) in [6.45, 7) is 5.25. The molecule has 3 heteroatoms. The Morgan fingerprint density at radius 1 is 1.62 bits per heavy atom. The Kier molecular flexibility index (Phi) is 3.85. The molecular weight excluding hydrogens is 184 g/mol. The standard InChI is InChI=1S/C10H13ClN2/c1-9(2)7-13-8-10(6-12-13)4-3-5-11/h6,8-9H,5,7H2,1-2H3. The van der Waals surface area contributed by atoms with Crippen molar-refractivity contribution in [2.75, 3.05) is 5.88 Å². The summed E-state index contributed by atoms with van der Waals surface area (Å²) >= 11 is 5.44. The molecule has 0 aliphatic carbocycles. The fourth-order valence-corrected chi connectivity index (χ4v) is 1.10. The van der Waals surface area contributed by atoms with Gasteiger partial charge in [0.15, 0.2) is 0 Å². The summed E-state index contributed by atoms with van der Waals surface area (Å²) in [5.41, 5.74) is 0.932. The summed E-state index contributed by atoms with van der Waals surface area (Å²) in [5.74, 6) is 6.69. The molecule has 1 aromatic heterocycles. The summed E-state index contributed by atoms with van der Waals surface area (Å²) in [6.07, 6.45) is 3.71. The Hall–Kier alpha value is -0.940. The maximum atomic E-state index is 5.44. The van der Waals surface area contributed by atoms with Crippen molar-refractivity contribution in [3.63, 3.8) is 0 Å². The molecular formula is C10H13ClN2. The first-order valence-corrected chi connectivity index (χ1v) is 4.83. The summed E-state index contributed by atoms with van der Waals surface area (Å²) in [6, 6.07) is 0. The molecule has 1 aromatic rings. The summed E-state index contributed by atoms with van der Waals surface area (Å²) in [7, 11) is 0. The van der Waals surface area contributed by atoms with E-state index in [4.69, 9.17) is 11.6 Å². The molecule has 0 bridgehead atoms. The third-order valence-electron chi connectivity index (χ3n) is 1.48. The number of hydrogen-bond donors (Lipinski definition) is 0. The van der Waals surface area contributed by atoms with Crippen LogP contribution in [-0.2, 0) is 6.54 Å². The van der Waals surface area contributed by atoms with E-state index >= 15 is 0 Å². The molecule has 70 valence electrons. The summed E-state index contributed by atoms with van der Waals surface area (Å²) < 4.78 is 1.91. The highest BCUT2D eigenvalue weighted by atomic mass is 35.5. The monoisotopic (exact) mass is 196 g/mol. The van der Waals surface area contributed by atoms with Crippen LogP contribution in [0.3, 0.4) is 0 Å². The van der Waals surface area contributed by atoms with Crippen LogP contribution in [0.15, 0.2) is 12.4 Å². The predicted molar refractivity (Wildman–Crippen MR) is 54.7 cm³/mol. The van der Waals surface area contributed by atoms with Gasteiger partial charge in [0.05, 0.1) is 17.6 Å². The van der Waals surface area contributed by atoms with Gasteiger partial charge in [-0.05, 0) is 5.92 Å². The SMILES string of the molecule is CC(C)Cn1cc(C#CCCl)cn1. The van der Waals surface area contributed by atoms with Crippen molar-refractivity contribution in [3.05, 3.63) is 18.0 Å².